The van der Waals surface area contributed by atoms with Crippen molar-refractivity contribution in [1.29, 1.82) is 5.41 Å². The summed E-state index contributed by atoms with van der Waals surface area (Å²) in [6, 6.07) is 1.95. The monoisotopic (exact) mass is 252 g/mol. The lowest BCUT2D eigenvalue weighted by atomic mass is 10.1. The summed E-state index contributed by atoms with van der Waals surface area (Å²) in [5.41, 5.74) is 8.05. The van der Waals surface area contributed by atoms with Crippen LogP contribution in [0.4, 0.5) is 4.39 Å². The Hall–Kier alpha value is -1.69. The molecule has 0 saturated carbocycles. The normalized spacial score (nSPS) is 10.6. The van der Waals surface area contributed by atoms with Crippen LogP contribution in [0, 0.1) is 5.41 Å². The molecule has 2 aromatic heterocycles. The molecule has 0 spiro atoms. The van der Waals surface area contributed by atoms with E-state index in [0.717, 1.165) is 16.8 Å². The number of aromatic nitrogens is 2. The molecule has 0 atom stereocenters. The van der Waals surface area contributed by atoms with E-state index in [-0.39, 0.29) is 12.4 Å². The first-order valence-electron chi connectivity index (χ1n) is 5.18. The number of nitrogens with zero attached hydrogens (tertiary/aromatic N) is 2. The van der Waals surface area contributed by atoms with Crippen molar-refractivity contribution in [3.8, 4) is 11.3 Å². The number of halogens is 1. The zero-order valence-corrected chi connectivity index (χ0v) is 10.0. The number of amidine groups is 1. The van der Waals surface area contributed by atoms with Crippen LogP contribution >= 0.6 is 11.3 Å². The molecule has 4 nitrogen and oxygen atoms in total. The molecule has 0 aliphatic carbocycles. The number of alkyl halides is 1. The van der Waals surface area contributed by atoms with Crippen molar-refractivity contribution in [2.75, 3.05) is 6.67 Å². The Labute approximate surface area is 102 Å². The molecule has 0 bridgehead atoms. The van der Waals surface area contributed by atoms with Crippen LogP contribution in [0.15, 0.2) is 23.0 Å². The van der Waals surface area contributed by atoms with E-state index in [1.54, 1.807) is 22.2 Å². The summed E-state index contributed by atoms with van der Waals surface area (Å²) in [5.74, 6) is 0.0845. The van der Waals surface area contributed by atoms with Crippen molar-refractivity contribution in [2.24, 2.45) is 5.73 Å². The Morgan fingerprint density at radius 3 is 3.00 bits per heavy atom. The Bertz CT molecular complexity index is 504. The molecule has 0 aliphatic heterocycles. The standard InChI is InChI=1S/C11H13FN4S/c12-2-3-16-6-9(5-10(13)14)11(15-16)8-1-4-17-7-8/h1,4,6-7H,2-3,5H2,(H3,13,14). The van der Waals surface area contributed by atoms with E-state index in [4.69, 9.17) is 11.1 Å². The Morgan fingerprint density at radius 1 is 1.59 bits per heavy atom. The number of hydrogen-bond donors (Lipinski definition) is 2. The Balaban J connectivity index is 2.37. The maximum atomic E-state index is 12.3. The summed E-state index contributed by atoms with van der Waals surface area (Å²) >= 11 is 1.58. The second kappa shape index (κ2) is 5.09. The molecule has 90 valence electrons. The third-order valence-corrected chi connectivity index (χ3v) is 3.01. The summed E-state index contributed by atoms with van der Waals surface area (Å²) in [6.07, 6.45) is 2.10. The molecule has 2 rings (SSSR count). The van der Waals surface area contributed by atoms with Crippen LogP contribution < -0.4 is 5.73 Å². The van der Waals surface area contributed by atoms with Gasteiger partial charge in [0.2, 0.25) is 0 Å². The van der Waals surface area contributed by atoms with Crippen molar-refractivity contribution in [2.45, 2.75) is 13.0 Å². The quantitative estimate of drug-likeness (QED) is 0.631. The summed E-state index contributed by atoms with van der Waals surface area (Å²) in [7, 11) is 0. The van der Waals surface area contributed by atoms with Crippen molar-refractivity contribution in [1.82, 2.24) is 9.78 Å². The first-order chi connectivity index (χ1) is 8.20. The van der Waals surface area contributed by atoms with Gasteiger partial charge < -0.3 is 5.73 Å². The maximum Gasteiger partial charge on any atom is 0.109 e. The van der Waals surface area contributed by atoms with Crippen LogP contribution in [0.25, 0.3) is 11.3 Å². The van der Waals surface area contributed by atoms with Crippen LogP contribution in [-0.4, -0.2) is 22.3 Å². The van der Waals surface area contributed by atoms with Gasteiger partial charge in [0.1, 0.15) is 6.67 Å². The van der Waals surface area contributed by atoms with Gasteiger partial charge in [-0.3, -0.25) is 10.1 Å². The topological polar surface area (TPSA) is 67.7 Å². The second-order valence-corrected chi connectivity index (χ2v) is 4.45. The van der Waals surface area contributed by atoms with E-state index in [9.17, 15) is 4.39 Å². The van der Waals surface area contributed by atoms with Gasteiger partial charge in [-0.2, -0.15) is 16.4 Å². The fourth-order valence-corrected chi connectivity index (χ4v) is 2.28. The Morgan fingerprint density at radius 2 is 2.41 bits per heavy atom. The molecule has 2 aromatic rings. The first kappa shape index (κ1) is 11.8. The lowest BCUT2D eigenvalue weighted by Gasteiger charge is -1.97. The number of aryl methyl sites for hydroxylation is 1. The van der Waals surface area contributed by atoms with E-state index in [1.165, 1.54) is 0 Å². The highest BCUT2D eigenvalue weighted by molar-refractivity contribution is 7.08. The average molecular weight is 252 g/mol. The van der Waals surface area contributed by atoms with Crippen molar-refractivity contribution >= 4 is 17.2 Å². The summed E-state index contributed by atoms with van der Waals surface area (Å²) in [4.78, 5) is 0. The van der Waals surface area contributed by atoms with Gasteiger partial charge in [-0.25, -0.2) is 4.39 Å². The van der Waals surface area contributed by atoms with E-state index < -0.39 is 6.67 Å². The van der Waals surface area contributed by atoms with E-state index in [0.29, 0.717) is 6.42 Å². The number of rotatable bonds is 5. The SMILES string of the molecule is N=C(N)Cc1cn(CCF)nc1-c1ccsc1. The summed E-state index contributed by atoms with van der Waals surface area (Å²) in [5, 5.41) is 15.6. The molecule has 0 aliphatic rings. The van der Waals surface area contributed by atoms with Crippen LogP contribution in [0.3, 0.4) is 0 Å². The van der Waals surface area contributed by atoms with E-state index in [1.807, 2.05) is 16.8 Å². The molecule has 0 fully saturated rings. The largest absolute Gasteiger partial charge is 0.387 e. The van der Waals surface area contributed by atoms with E-state index >= 15 is 0 Å². The zero-order valence-electron chi connectivity index (χ0n) is 9.19. The first-order valence-corrected chi connectivity index (χ1v) is 6.12. The van der Waals surface area contributed by atoms with Gasteiger partial charge in [0, 0.05) is 29.1 Å². The van der Waals surface area contributed by atoms with Gasteiger partial charge in [0.15, 0.2) is 0 Å². The van der Waals surface area contributed by atoms with Gasteiger partial charge in [0.25, 0.3) is 0 Å². The molecule has 0 amide bonds. The molecule has 17 heavy (non-hydrogen) atoms. The molecular formula is C11H13FN4S. The van der Waals surface area contributed by atoms with Gasteiger partial charge in [-0.15, -0.1) is 0 Å². The summed E-state index contributed by atoms with van der Waals surface area (Å²) in [6.45, 7) is -0.223. The molecule has 3 N–H and O–H groups in total. The summed E-state index contributed by atoms with van der Waals surface area (Å²) < 4.78 is 13.9. The van der Waals surface area contributed by atoms with Gasteiger partial charge in [-0.1, -0.05) is 0 Å². The molecule has 0 aromatic carbocycles. The lowest BCUT2D eigenvalue weighted by molar-refractivity contribution is 0.427. The smallest absolute Gasteiger partial charge is 0.109 e. The number of nitrogens with one attached hydrogen (secondary N) is 1. The zero-order chi connectivity index (χ0) is 12.3. The minimum Gasteiger partial charge on any atom is -0.387 e. The highest BCUT2D eigenvalue weighted by atomic mass is 32.1. The fraction of sp³-hybridized carbons (Fsp3) is 0.273. The van der Waals surface area contributed by atoms with E-state index in [2.05, 4.69) is 5.10 Å². The highest BCUT2D eigenvalue weighted by Gasteiger charge is 2.12. The molecule has 2 heterocycles. The van der Waals surface area contributed by atoms with Crippen LogP contribution in [-0.2, 0) is 13.0 Å². The van der Waals surface area contributed by atoms with Gasteiger partial charge >= 0.3 is 0 Å². The predicted octanol–water partition coefficient (Wildman–Crippen LogP) is 2.06. The minimum atomic E-state index is -0.454. The maximum absolute atomic E-state index is 12.3. The third kappa shape index (κ3) is 2.71. The average Bonchev–Trinajstić information content (AvgIpc) is 2.86. The third-order valence-electron chi connectivity index (χ3n) is 2.33. The molecule has 0 saturated heterocycles. The molecule has 6 heteroatoms. The molecular weight excluding hydrogens is 239 g/mol. The molecule has 0 unspecified atom stereocenters. The lowest BCUT2D eigenvalue weighted by Crippen LogP contribution is -2.12. The molecule has 0 radical (unpaired) electrons. The van der Waals surface area contributed by atoms with Gasteiger partial charge in [0.05, 0.1) is 18.1 Å². The van der Waals surface area contributed by atoms with Crippen LogP contribution in [0.1, 0.15) is 5.56 Å². The highest BCUT2D eigenvalue weighted by Crippen LogP contribution is 2.24. The van der Waals surface area contributed by atoms with Crippen molar-refractivity contribution in [3.05, 3.63) is 28.6 Å². The second-order valence-electron chi connectivity index (χ2n) is 3.67. The number of hydrogen-bond acceptors (Lipinski definition) is 3. The minimum absolute atomic E-state index is 0.0845. The van der Waals surface area contributed by atoms with Crippen LogP contribution in [0.5, 0.6) is 0 Å². The van der Waals surface area contributed by atoms with Crippen LogP contribution in [0.2, 0.25) is 0 Å². The van der Waals surface area contributed by atoms with Crippen molar-refractivity contribution < 1.29 is 4.39 Å². The fourth-order valence-electron chi connectivity index (χ4n) is 1.64. The predicted molar refractivity (Wildman–Crippen MR) is 67.1 cm³/mol. The van der Waals surface area contributed by atoms with Crippen molar-refractivity contribution in [3.63, 3.8) is 0 Å². The Kier molecular flexibility index (Phi) is 3.53. The van der Waals surface area contributed by atoms with Gasteiger partial charge in [-0.05, 0) is 11.4 Å². The number of nitrogens with two attached hydrogens (primary N) is 1. The number of thiophene rings is 1.